The molecule has 0 bridgehead atoms. The Morgan fingerprint density at radius 3 is 2.56 bits per heavy atom. The first-order valence-electron chi connectivity index (χ1n) is 11.1. The van der Waals surface area contributed by atoms with E-state index in [9.17, 15) is 9.59 Å². The van der Waals surface area contributed by atoms with Crippen LogP contribution in [0.5, 0.6) is 0 Å². The average molecular weight is 453 g/mol. The smallest absolute Gasteiger partial charge is 0.242 e. The van der Waals surface area contributed by atoms with Crippen LogP contribution in [0.2, 0.25) is 5.02 Å². The summed E-state index contributed by atoms with van der Waals surface area (Å²) in [6.07, 6.45) is 4.60. The molecule has 1 aliphatic rings. The lowest BCUT2D eigenvalue weighted by molar-refractivity contribution is -0.128. The van der Waals surface area contributed by atoms with Crippen LogP contribution in [-0.2, 0) is 16.0 Å². The molecule has 1 saturated heterocycles. The van der Waals surface area contributed by atoms with Crippen molar-refractivity contribution in [3.05, 3.63) is 70.9 Å². The van der Waals surface area contributed by atoms with Crippen molar-refractivity contribution in [1.29, 1.82) is 0 Å². The number of H-pyrrole nitrogens is 1. The maximum Gasteiger partial charge on any atom is 0.242 e. The molecule has 4 rings (SSSR count). The summed E-state index contributed by atoms with van der Waals surface area (Å²) in [4.78, 5) is 30.6. The van der Waals surface area contributed by atoms with Crippen molar-refractivity contribution < 1.29 is 9.59 Å². The third kappa shape index (κ3) is 5.14. The third-order valence-electron chi connectivity index (χ3n) is 6.11. The Hall–Kier alpha value is -2.83. The zero-order valence-corrected chi connectivity index (χ0v) is 19.0. The molecule has 2 aromatic carbocycles. The molecule has 0 saturated carbocycles. The molecular formula is C25H29ClN4O2. The second kappa shape index (κ2) is 10.2. The van der Waals surface area contributed by atoms with Crippen LogP contribution in [0.1, 0.15) is 36.9 Å². The van der Waals surface area contributed by atoms with Crippen LogP contribution in [-0.4, -0.2) is 47.4 Å². The summed E-state index contributed by atoms with van der Waals surface area (Å²) < 4.78 is 0. The van der Waals surface area contributed by atoms with Crippen LogP contribution in [0.4, 0.5) is 0 Å². The van der Waals surface area contributed by atoms with E-state index in [0.717, 1.165) is 48.0 Å². The molecule has 1 aromatic heterocycles. The van der Waals surface area contributed by atoms with Gasteiger partial charge in [0.1, 0.15) is 6.04 Å². The molecule has 0 aliphatic carbocycles. The normalized spacial score (nSPS) is 16.1. The van der Waals surface area contributed by atoms with Crippen molar-refractivity contribution in [3.63, 3.8) is 0 Å². The summed E-state index contributed by atoms with van der Waals surface area (Å²) in [7, 11) is 0. The quantitative estimate of drug-likeness (QED) is 0.486. The van der Waals surface area contributed by atoms with E-state index in [2.05, 4.69) is 20.5 Å². The van der Waals surface area contributed by atoms with Gasteiger partial charge in [-0.2, -0.15) is 0 Å². The average Bonchev–Trinajstić information content (AvgIpc) is 3.45. The Morgan fingerprint density at radius 1 is 1.09 bits per heavy atom. The molecule has 32 heavy (non-hydrogen) atoms. The molecule has 3 N–H and O–H groups in total. The number of nitrogens with one attached hydrogen (secondary N) is 3. The molecule has 2 atom stereocenters. The topological polar surface area (TPSA) is 77.2 Å². The van der Waals surface area contributed by atoms with E-state index < -0.39 is 6.04 Å². The zero-order valence-electron chi connectivity index (χ0n) is 18.2. The van der Waals surface area contributed by atoms with Gasteiger partial charge in [0.2, 0.25) is 11.8 Å². The van der Waals surface area contributed by atoms with Gasteiger partial charge in [-0.3, -0.25) is 14.5 Å². The summed E-state index contributed by atoms with van der Waals surface area (Å²) in [5, 5.41) is 7.67. The number of fused-ring (bicyclic) bond motifs is 1. The van der Waals surface area contributed by atoms with Gasteiger partial charge in [0.15, 0.2) is 0 Å². The SMILES string of the molecule is CC(=O)N[C@@H](Cc1c[nH]c2ccccc12)C(=O)NC[C@@H](c1ccccc1Cl)N1CCCC1. The van der Waals surface area contributed by atoms with E-state index in [4.69, 9.17) is 11.6 Å². The lowest BCUT2D eigenvalue weighted by atomic mass is 10.0. The van der Waals surface area contributed by atoms with E-state index >= 15 is 0 Å². The van der Waals surface area contributed by atoms with Gasteiger partial charge in [0, 0.05) is 42.0 Å². The van der Waals surface area contributed by atoms with Crippen molar-refractivity contribution in [3.8, 4) is 0 Å². The minimum Gasteiger partial charge on any atom is -0.361 e. The van der Waals surface area contributed by atoms with E-state index in [1.54, 1.807) is 0 Å². The number of likely N-dealkylation sites (tertiary alicyclic amines) is 1. The zero-order chi connectivity index (χ0) is 22.5. The van der Waals surface area contributed by atoms with Gasteiger partial charge in [-0.15, -0.1) is 0 Å². The largest absolute Gasteiger partial charge is 0.361 e. The highest BCUT2D eigenvalue weighted by molar-refractivity contribution is 6.31. The first-order chi connectivity index (χ1) is 15.5. The molecule has 2 heterocycles. The molecule has 7 heteroatoms. The van der Waals surface area contributed by atoms with Crippen molar-refractivity contribution in [1.82, 2.24) is 20.5 Å². The highest BCUT2D eigenvalue weighted by Gasteiger charge is 2.27. The fraction of sp³-hybridized carbons (Fsp3) is 0.360. The number of aromatic nitrogens is 1. The van der Waals surface area contributed by atoms with Gasteiger partial charge < -0.3 is 15.6 Å². The minimum atomic E-state index is -0.655. The first kappa shape index (κ1) is 22.4. The summed E-state index contributed by atoms with van der Waals surface area (Å²) >= 11 is 6.49. The summed E-state index contributed by atoms with van der Waals surface area (Å²) in [6, 6.07) is 15.1. The van der Waals surface area contributed by atoms with Crippen LogP contribution >= 0.6 is 11.6 Å². The second-order valence-corrected chi connectivity index (χ2v) is 8.75. The highest BCUT2D eigenvalue weighted by Crippen LogP contribution is 2.29. The molecule has 168 valence electrons. The standard InChI is InChI=1S/C25H29ClN4O2/c1-17(31)29-23(14-18-15-27-22-11-5-3-8-19(18)22)25(32)28-16-24(30-12-6-7-13-30)20-9-2-4-10-21(20)26/h2-5,8-11,15,23-24,27H,6-7,12-14,16H2,1H3,(H,28,32)(H,29,31)/t23-,24-/m0/s1. The van der Waals surface area contributed by atoms with Crippen molar-refractivity contribution >= 4 is 34.3 Å². The molecule has 3 aromatic rings. The van der Waals surface area contributed by atoms with Gasteiger partial charge in [0.05, 0.1) is 6.04 Å². The Morgan fingerprint density at radius 2 is 1.81 bits per heavy atom. The molecular weight excluding hydrogens is 424 g/mol. The van der Waals surface area contributed by atoms with Crippen LogP contribution in [0.3, 0.4) is 0 Å². The number of hydrogen-bond donors (Lipinski definition) is 3. The number of halogens is 1. The Bertz CT molecular complexity index is 1090. The summed E-state index contributed by atoms with van der Waals surface area (Å²) in [5.74, 6) is -0.422. The minimum absolute atomic E-state index is 0.00113. The Balaban J connectivity index is 1.50. The first-order valence-corrected chi connectivity index (χ1v) is 11.5. The fourth-order valence-electron chi connectivity index (χ4n) is 4.53. The Labute approximate surface area is 193 Å². The van der Waals surface area contributed by atoms with Gasteiger partial charge in [0.25, 0.3) is 0 Å². The highest BCUT2D eigenvalue weighted by atomic mass is 35.5. The van der Waals surface area contributed by atoms with Crippen molar-refractivity contribution in [2.45, 2.75) is 38.3 Å². The maximum absolute atomic E-state index is 13.2. The number of carbonyl (C=O) groups excluding carboxylic acids is 2. The van der Waals surface area contributed by atoms with Gasteiger partial charge in [-0.05, 0) is 49.2 Å². The molecule has 0 radical (unpaired) electrons. The van der Waals surface area contributed by atoms with E-state index in [1.165, 1.54) is 6.92 Å². The molecule has 6 nitrogen and oxygen atoms in total. The number of carbonyl (C=O) groups is 2. The van der Waals surface area contributed by atoms with Crippen LogP contribution in [0, 0.1) is 0 Å². The second-order valence-electron chi connectivity index (χ2n) is 8.34. The van der Waals surface area contributed by atoms with Crippen molar-refractivity contribution in [2.24, 2.45) is 0 Å². The van der Waals surface area contributed by atoms with Gasteiger partial charge in [-0.1, -0.05) is 48.0 Å². The van der Waals surface area contributed by atoms with Crippen LogP contribution in [0.25, 0.3) is 10.9 Å². The molecule has 0 unspecified atom stereocenters. The Kier molecular flexibility index (Phi) is 7.12. The van der Waals surface area contributed by atoms with E-state index in [-0.39, 0.29) is 17.9 Å². The lowest BCUT2D eigenvalue weighted by Crippen LogP contribution is -2.49. The lowest BCUT2D eigenvalue weighted by Gasteiger charge is -2.29. The monoisotopic (exact) mass is 452 g/mol. The van der Waals surface area contributed by atoms with Crippen LogP contribution in [0.15, 0.2) is 54.7 Å². The van der Waals surface area contributed by atoms with Crippen LogP contribution < -0.4 is 10.6 Å². The number of rotatable bonds is 8. The third-order valence-corrected chi connectivity index (χ3v) is 6.45. The van der Waals surface area contributed by atoms with Crippen molar-refractivity contribution in [2.75, 3.05) is 19.6 Å². The number of para-hydroxylation sites is 1. The summed E-state index contributed by atoms with van der Waals surface area (Å²) in [5.41, 5.74) is 3.03. The summed E-state index contributed by atoms with van der Waals surface area (Å²) in [6.45, 7) is 3.84. The van der Waals surface area contributed by atoms with E-state index in [0.29, 0.717) is 18.0 Å². The molecule has 1 aliphatic heterocycles. The number of nitrogens with zero attached hydrogens (tertiary/aromatic N) is 1. The van der Waals surface area contributed by atoms with Gasteiger partial charge >= 0.3 is 0 Å². The predicted octanol–water partition coefficient (Wildman–Crippen LogP) is 3.82. The number of amides is 2. The number of hydrogen-bond acceptors (Lipinski definition) is 3. The maximum atomic E-state index is 13.2. The molecule has 2 amide bonds. The predicted molar refractivity (Wildman–Crippen MR) is 128 cm³/mol. The molecule has 0 spiro atoms. The van der Waals surface area contributed by atoms with E-state index in [1.807, 2.05) is 54.7 Å². The van der Waals surface area contributed by atoms with Gasteiger partial charge in [-0.25, -0.2) is 0 Å². The number of benzene rings is 2. The fourth-order valence-corrected chi connectivity index (χ4v) is 4.79. The molecule has 1 fully saturated rings. The number of aromatic amines is 1.